The number of aromatic nitrogens is 8. The van der Waals surface area contributed by atoms with Crippen LogP contribution in [-0.2, 0) is 108 Å². The Hall–Kier alpha value is -11.1. The number of rotatable bonds is 38. The zero-order valence-electron chi connectivity index (χ0n) is 82.4. The van der Waals surface area contributed by atoms with Gasteiger partial charge < -0.3 is 121 Å². The summed E-state index contributed by atoms with van der Waals surface area (Å²) in [6.45, 7) is -3.35. The number of nitrogens with zero attached hydrogens (tertiary/aromatic N) is 14. The van der Waals surface area contributed by atoms with E-state index in [2.05, 4.69) is 212 Å². The van der Waals surface area contributed by atoms with Gasteiger partial charge in [0.25, 0.3) is 11.8 Å². The molecular weight excluding hydrogens is 2090 g/mol. The second kappa shape index (κ2) is 46.4. The molecule has 14 atom stereocenters. The zero-order chi connectivity index (χ0) is 108. The number of hydrogen-bond acceptors (Lipinski definition) is 36. The van der Waals surface area contributed by atoms with E-state index in [1.54, 1.807) is 23.9 Å². The number of nitrogens with one attached hydrogen (secondary N) is 4. The third-order valence-electron chi connectivity index (χ3n) is 24.7. The number of anilines is 4. The maximum Gasteiger partial charge on any atom is 0.485 e. The van der Waals surface area contributed by atoms with Crippen molar-refractivity contribution in [1.82, 2.24) is 70.1 Å². The molecule has 6 unspecified atom stereocenters. The molecule has 6 heterocycles. The first-order valence-corrected chi connectivity index (χ1v) is 56.7. The van der Waals surface area contributed by atoms with Crippen molar-refractivity contribution in [2.45, 2.75) is 113 Å². The third-order valence-corrected chi connectivity index (χ3v) is 33.4. The number of phosphoric acid groups is 4. The molecular formula is C90H114N20O30P6S2. The zero-order valence-corrected chi connectivity index (χ0v) is 89.4. The Balaban J connectivity index is 0.000000247. The molecule has 0 bridgehead atoms. The predicted octanol–water partition coefficient (Wildman–Crippen LogP) is 5.25. The number of ether oxygens (including phenoxy) is 4. The van der Waals surface area contributed by atoms with Crippen molar-refractivity contribution in [3.8, 4) is 0 Å². The number of amides is 6. The van der Waals surface area contributed by atoms with Gasteiger partial charge in [-0.15, -0.1) is 0 Å². The molecule has 4 aromatic carbocycles. The molecule has 0 spiro atoms. The number of nitrogens with two attached hydrogens (primary N) is 2. The Labute approximate surface area is 859 Å². The van der Waals surface area contributed by atoms with Crippen LogP contribution in [0.5, 0.6) is 0 Å². The van der Waals surface area contributed by atoms with Gasteiger partial charge in [0, 0.05) is 152 Å². The fourth-order valence-electron chi connectivity index (χ4n) is 17.4. The second-order valence-electron chi connectivity index (χ2n) is 36.5. The van der Waals surface area contributed by atoms with Crippen LogP contribution in [0, 0.1) is 0 Å². The Morgan fingerprint density at radius 1 is 0.493 bits per heavy atom. The van der Waals surface area contributed by atoms with Gasteiger partial charge in [-0.05, 0) is 128 Å². The highest BCUT2D eigenvalue weighted by Gasteiger charge is 2.53. The number of fused-ring (bicyclic) bond motifs is 6. The molecule has 796 valence electrons. The Morgan fingerprint density at radius 3 is 1.28 bits per heavy atom. The highest BCUT2D eigenvalue weighted by atomic mass is 32.5. The van der Waals surface area contributed by atoms with Crippen LogP contribution in [-0.4, -0.2) is 304 Å². The van der Waals surface area contributed by atoms with Crippen LogP contribution in [0.15, 0.2) is 169 Å². The first kappa shape index (κ1) is 114. The Kier molecular flexibility index (Phi) is 35.7. The molecule has 50 nitrogen and oxygen atoms in total. The van der Waals surface area contributed by atoms with E-state index in [1.807, 2.05) is 105 Å². The van der Waals surface area contributed by atoms with E-state index in [0.717, 1.165) is 102 Å². The maximum absolute atomic E-state index is 14.3. The number of allylic oxidation sites excluding steroid dienone is 10. The number of aliphatic hydroxyl groups is 2. The number of nitrogen functional groups attached to an aromatic ring is 2. The fourth-order valence-corrected chi connectivity index (χ4v) is 24.9. The lowest BCUT2D eigenvalue weighted by molar-refractivity contribution is -0.462. The average molecular weight is 2210 g/mol. The summed E-state index contributed by atoms with van der Waals surface area (Å²) in [6, 6.07) is 28.0. The first-order chi connectivity index (χ1) is 69.3. The SMILES string of the molecule is CN(CCCC(=O)NCCNC(=O)O[C@@H]1[C@H](O)[C@@H](COP(=O)(O)OP(=O)(O)OP([O-])(O)=S)O[C@H]1n1cnc2c(N)ncnc21)C(=O)c1ccccc1C1=C2C=CC(=[N+](C)C)C=C2C(C)(C)c2cc(N(C)C)ccc21.CN(CCCC(=O)NCCNC(=O)O[C@H]1[C@@H](O)[C@H](n2cnc3c(N)ncnc32)O[C@@H]1COP(=O)(O)OP(=O)(O)OP([O-])(O)=S)C(=O)c1ccccc1C1=C2C=CC(=[N+](C)C)C=C2C(C)(C)c2cc(N(C)C)ccc21. The highest BCUT2D eigenvalue weighted by Crippen LogP contribution is 2.67. The largest absolute Gasteiger partial charge is 0.779 e. The second-order valence-corrected chi connectivity index (χ2v) is 48.1. The lowest BCUT2D eigenvalue weighted by Crippen LogP contribution is -2.42. The van der Waals surface area contributed by atoms with Crippen molar-refractivity contribution >= 4 is 172 Å². The number of hydrogen-bond donors (Lipinski definition) is 14. The molecule has 4 aromatic heterocycles. The van der Waals surface area contributed by atoms with Gasteiger partial charge in [-0.25, -0.2) is 75.5 Å². The van der Waals surface area contributed by atoms with Gasteiger partial charge in [-0.1, -0.05) is 99.8 Å². The quantitative estimate of drug-likeness (QED) is 0.0133. The molecule has 0 radical (unpaired) electrons. The third kappa shape index (κ3) is 27.1. The van der Waals surface area contributed by atoms with E-state index < -0.39 is 119 Å². The Bertz CT molecular complexity index is 7090. The Morgan fingerprint density at radius 2 is 0.878 bits per heavy atom. The van der Waals surface area contributed by atoms with Crippen molar-refractivity contribution in [3.05, 3.63) is 213 Å². The van der Waals surface area contributed by atoms with Gasteiger partial charge in [-0.2, -0.15) is 8.62 Å². The van der Waals surface area contributed by atoms with Gasteiger partial charge in [0.2, 0.25) is 11.8 Å². The maximum atomic E-state index is 14.3. The van der Waals surface area contributed by atoms with Crippen molar-refractivity contribution in [2.24, 2.45) is 0 Å². The van der Waals surface area contributed by atoms with Crippen LogP contribution in [0.3, 0.4) is 0 Å². The van der Waals surface area contributed by atoms with Crippen LogP contribution in [0.1, 0.15) is 120 Å². The monoisotopic (exact) mass is 2200 g/mol. The molecule has 16 N–H and O–H groups in total. The van der Waals surface area contributed by atoms with Gasteiger partial charge >= 0.3 is 43.5 Å². The van der Waals surface area contributed by atoms with Gasteiger partial charge in [0.1, 0.15) is 89.7 Å². The molecule has 2 fully saturated rings. The standard InChI is InChI=1S/2C45H57N10O15P3S/c1-45(2)32-21-26(52(3)4)14-16-30(32)36(31-17-15-27(53(5)6)22-33(31)45)28-11-8-9-12-29(28)42(58)54(7)20-10-13-35(56)47-18-19-48-44(59)68-39-34(23-66-71(60,61)69-72(62,63)70-73(64,65)74)67-43(38(39)57)55-25-51-37-40(46)49-24-50-41(37)55;1-45(2)32-21-26(52(3)4)14-16-30(32)36(31-17-15-27(53(5)6)22-33(31)45)28-11-8-9-12-29(28)42(58)54(7)20-10-13-35(56)47-18-19-48-44(59)68-39-38(57)34(23-66-71(60,61)69-72(62,63)70-73(64,65)74)67-43(39)55-25-51-37-40(46)49-24-50-41(37)55/h2*8-9,11-12,14-17,21-22,24-25,34,38-39,43,57H,10,13,18-20,23H2,1-7H3,(H7-,46,47,48,49,50,56,59,60,61,62,63,64,65,74)/t2*34-,38-,39-,43-/m11/s1. The topological polar surface area (TPSA) is 677 Å². The minimum atomic E-state index is -5.74. The van der Waals surface area contributed by atoms with Gasteiger partial charge in [-0.3, -0.25) is 37.4 Å². The average Bonchev–Trinajstić information content (AvgIpc) is 0.816. The molecule has 2 aliphatic heterocycles. The van der Waals surface area contributed by atoms with Crippen LogP contribution >= 0.6 is 44.7 Å². The summed E-state index contributed by atoms with van der Waals surface area (Å²) in [6.07, 6.45) is 2.91. The lowest BCUT2D eigenvalue weighted by Gasteiger charge is -2.39. The van der Waals surface area contributed by atoms with Crippen LogP contribution in [0.25, 0.3) is 33.5 Å². The number of carbonyl (C=O) groups excluding carboxylic acids is 6. The fraction of sp³-hybridized carbons (Fsp3) is 0.400. The molecule has 6 aliphatic rings. The molecule has 0 saturated carbocycles. The number of carbonyl (C=O) groups is 6. The van der Waals surface area contributed by atoms with Crippen LogP contribution in [0.4, 0.5) is 32.6 Å². The first-order valence-electron chi connectivity index (χ1n) is 45.6. The summed E-state index contributed by atoms with van der Waals surface area (Å²) in [5.74, 6) is -1.21. The number of benzene rings is 4. The highest BCUT2D eigenvalue weighted by molar-refractivity contribution is 8.07. The van der Waals surface area contributed by atoms with Crippen molar-refractivity contribution < 1.29 is 151 Å². The molecule has 6 amide bonds. The predicted molar refractivity (Wildman–Crippen MR) is 544 cm³/mol. The molecule has 8 aromatic rings. The molecule has 148 heavy (non-hydrogen) atoms. The molecule has 14 rings (SSSR count). The minimum Gasteiger partial charge on any atom is -0.779 e. The van der Waals surface area contributed by atoms with E-state index in [9.17, 15) is 86.6 Å². The van der Waals surface area contributed by atoms with E-state index in [1.165, 1.54) is 21.8 Å². The van der Waals surface area contributed by atoms with E-state index in [4.69, 9.17) is 49.2 Å². The van der Waals surface area contributed by atoms with E-state index >= 15 is 0 Å². The molecule has 2 saturated heterocycles. The summed E-state index contributed by atoms with van der Waals surface area (Å²) in [4.78, 5) is 192. The van der Waals surface area contributed by atoms with Gasteiger partial charge in [0.15, 0.2) is 59.0 Å². The van der Waals surface area contributed by atoms with E-state index in [-0.39, 0.29) is 121 Å². The normalized spacial score (nSPS) is 21.4. The van der Waals surface area contributed by atoms with E-state index in [0.29, 0.717) is 24.0 Å². The molecule has 4 aliphatic carbocycles. The summed E-state index contributed by atoms with van der Waals surface area (Å²) in [5, 5.41) is 32.8. The molecule has 58 heteroatoms. The van der Waals surface area contributed by atoms with Crippen molar-refractivity contribution in [1.29, 1.82) is 0 Å². The van der Waals surface area contributed by atoms with Crippen molar-refractivity contribution in [3.63, 3.8) is 0 Å². The summed E-state index contributed by atoms with van der Waals surface area (Å²) in [5.41, 5.74) is 28.9. The minimum absolute atomic E-state index is 0.0181. The summed E-state index contributed by atoms with van der Waals surface area (Å²) < 4.78 is 103. The number of imidazole rings is 2. The lowest BCUT2D eigenvalue weighted by atomic mass is 9.64. The number of alkyl carbamates (subject to hydrolysis) is 2. The number of aliphatic hydroxyl groups excluding tert-OH is 2. The van der Waals surface area contributed by atoms with Crippen LogP contribution in [0.2, 0.25) is 0 Å². The van der Waals surface area contributed by atoms with Gasteiger partial charge in [0.05, 0.1) is 25.9 Å². The van der Waals surface area contributed by atoms with Crippen LogP contribution < -0.4 is 52.3 Å². The summed E-state index contributed by atoms with van der Waals surface area (Å²) >= 11 is 7.97. The number of phosphoric ester groups is 2. The van der Waals surface area contributed by atoms with Crippen molar-refractivity contribution in [2.75, 3.05) is 144 Å². The smallest absolute Gasteiger partial charge is 0.485 e. The summed E-state index contributed by atoms with van der Waals surface area (Å²) in [7, 11) is -3.22.